The van der Waals surface area contributed by atoms with Crippen molar-refractivity contribution in [3.05, 3.63) is 92.2 Å². The Bertz CT molecular complexity index is 1670. The number of carbonyl (C=O) groups is 4. The molecule has 10 nitrogen and oxygen atoms in total. The van der Waals surface area contributed by atoms with Gasteiger partial charge in [0.25, 0.3) is 0 Å². The molecule has 4 aromatic rings. The summed E-state index contributed by atoms with van der Waals surface area (Å²) in [7, 11) is 5.03. The number of aromatic nitrogens is 2. The first-order chi connectivity index (χ1) is 22.6. The van der Waals surface area contributed by atoms with Crippen molar-refractivity contribution in [2.24, 2.45) is 0 Å². The van der Waals surface area contributed by atoms with Gasteiger partial charge in [0.15, 0.2) is 0 Å². The molecule has 2 aromatic carbocycles. The van der Waals surface area contributed by atoms with Crippen LogP contribution in [0.5, 0.6) is 0 Å². The van der Waals surface area contributed by atoms with Crippen LogP contribution >= 0.6 is 23.2 Å². The van der Waals surface area contributed by atoms with Crippen molar-refractivity contribution in [2.75, 3.05) is 28.4 Å². The topological polar surface area (TPSA) is 115 Å². The Kier molecular flexibility index (Phi) is 11.5. The zero-order valence-electron chi connectivity index (χ0n) is 27.1. The Labute approximate surface area is 283 Å². The van der Waals surface area contributed by atoms with E-state index in [0.717, 1.165) is 0 Å². The van der Waals surface area contributed by atoms with Crippen LogP contribution in [0.15, 0.2) is 48.5 Å². The Morgan fingerprint density at radius 1 is 0.532 bits per heavy atom. The van der Waals surface area contributed by atoms with Crippen LogP contribution in [-0.2, 0) is 44.9 Å². The van der Waals surface area contributed by atoms with Crippen molar-refractivity contribution >= 4 is 47.1 Å². The van der Waals surface area contributed by atoms with Gasteiger partial charge in [0, 0.05) is 34.5 Å². The summed E-state index contributed by atoms with van der Waals surface area (Å²) in [6.07, 6.45) is 1.26. The molecule has 0 saturated heterocycles. The van der Waals surface area contributed by atoms with Gasteiger partial charge in [-0.3, -0.25) is 0 Å². The summed E-state index contributed by atoms with van der Waals surface area (Å²) in [6.45, 7) is 4.45. The quantitative estimate of drug-likeness (QED) is 0.113. The Morgan fingerprint density at radius 3 is 1.11 bits per heavy atom. The number of benzene rings is 2. The zero-order valence-corrected chi connectivity index (χ0v) is 28.6. The fraction of sp³-hybridized carbons (Fsp3) is 0.314. The van der Waals surface area contributed by atoms with Crippen molar-refractivity contribution in [3.63, 3.8) is 0 Å². The molecule has 4 rings (SSSR count). The molecule has 47 heavy (non-hydrogen) atoms. The summed E-state index contributed by atoms with van der Waals surface area (Å²) in [5.41, 5.74) is 3.90. The van der Waals surface area contributed by atoms with Gasteiger partial charge in [-0.2, -0.15) is 0 Å². The van der Waals surface area contributed by atoms with Crippen LogP contribution in [0.1, 0.15) is 73.1 Å². The van der Waals surface area contributed by atoms with Gasteiger partial charge in [0.1, 0.15) is 11.1 Å². The smallest absolute Gasteiger partial charge is 0.340 e. The molecule has 0 aliphatic carbocycles. The van der Waals surface area contributed by atoms with Crippen molar-refractivity contribution in [2.45, 2.75) is 46.2 Å². The number of nitrogens with zero attached hydrogens (tertiary/aromatic N) is 2. The number of ether oxygens (including phenoxy) is 4. The summed E-state index contributed by atoms with van der Waals surface area (Å²) < 4.78 is 24.3. The second-order valence-corrected chi connectivity index (χ2v) is 11.3. The highest BCUT2D eigenvalue weighted by Gasteiger charge is 2.34. The number of halogens is 2. The van der Waals surface area contributed by atoms with Gasteiger partial charge >= 0.3 is 23.9 Å². The molecular weight excluding hydrogens is 647 g/mol. The second kappa shape index (κ2) is 15.4. The highest BCUT2D eigenvalue weighted by Crippen LogP contribution is 2.37. The second-order valence-electron chi connectivity index (χ2n) is 10.4. The van der Waals surface area contributed by atoms with E-state index in [0.29, 0.717) is 76.3 Å². The standard InChI is InChI=1S/C35H36Cl2N2O8/c1-7-24-26(32(40)44-3)28(34(42)46-5)30(20-10-14-22(36)15-11-20)38(24)18-9-19-39-25(8-2)27(33(41)45-4)29(35(43)47-6)31(39)21-12-16-23(37)17-13-21/h10-17H,7-9,18-19H2,1-6H3. The molecule has 0 aliphatic rings. The van der Waals surface area contributed by atoms with Crippen LogP contribution < -0.4 is 0 Å². The van der Waals surface area contributed by atoms with Crippen molar-refractivity contribution in [1.29, 1.82) is 0 Å². The molecule has 2 heterocycles. The van der Waals surface area contributed by atoms with Crippen LogP contribution in [0, 0.1) is 0 Å². The van der Waals surface area contributed by atoms with E-state index in [4.69, 9.17) is 42.1 Å². The maximum atomic E-state index is 13.3. The maximum Gasteiger partial charge on any atom is 0.340 e. The van der Waals surface area contributed by atoms with Crippen LogP contribution in [-0.4, -0.2) is 61.5 Å². The fourth-order valence-corrected chi connectivity index (χ4v) is 6.26. The van der Waals surface area contributed by atoms with Crippen molar-refractivity contribution in [3.8, 4) is 22.5 Å². The summed E-state index contributed by atoms with van der Waals surface area (Å²) in [6, 6.07) is 13.9. The van der Waals surface area contributed by atoms with Crippen LogP contribution in [0.25, 0.3) is 22.5 Å². The number of rotatable bonds is 12. The monoisotopic (exact) mass is 682 g/mol. The average Bonchev–Trinajstić information content (AvgIpc) is 3.60. The first-order valence-electron chi connectivity index (χ1n) is 14.9. The molecule has 0 radical (unpaired) electrons. The van der Waals surface area contributed by atoms with Crippen LogP contribution in [0.3, 0.4) is 0 Å². The molecular formula is C35H36Cl2N2O8. The van der Waals surface area contributed by atoms with E-state index >= 15 is 0 Å². The summed E-state index contributed by atoms with van der Waals surface area (Å²) in [5.74, 6) is -2.69. The third-order valence-corrected chi connectivity index (χ3v) is 8.47. The summed E-state index contributed by atoms with van der Waals surface area (Å²) >= 11 is 12.4. The third kappa shape index (κ3) is 6.80. The molecule has 0 saturated carbocycles. The van der Waals surface area contributed by atoms with E-state index in [1.165, 1.54) is 28.4 Å². The lowest BCUT2D eigenvalue weighted by Crippen LogP contribution is -2.13. The van der Waals surface area contributed by atoms with Crippen LogP contribution in [0.2, 0.25) is 10.0 Å². The van der Waals surface area contributed by atoms with E-state index < -0.39 is 23.9 Å². The predicted octanol–water partition coefficient (Wildman–Crippen LogP) is 7.29. The largest absolute Gasteiger partial charge is 0.465 e. The first kappa shape index (κ1) is 35.3. The van der Waals surface area contributed by atoms with Crippen molar-refractivity contribution in [1.82, 2.24) is 9.13 Å². The Morgan fingerprint density at radius 2 is 0.830 bits per heavy atom. The highest BCUT2D eigenvalue weighted by atomic mass is 35.5. The summed E-state index contributed by atoms with van der Waals surface area (Å²) in [5, 5.41) is 1.01. The van der Waals surface area contributed by atoms with Gasteiger partial charge in [-0.15, -0.1) is 0 Å². The SMILES string of the molecule is CCc1c(C(=O)OC)c(C(=O)OC)c(-c2ccc(Cl)cc2)n1CCCn1c(CC)c(C(=O)OC)c(C(=O)OC)c1-c1ccc(Cl)cc1. The number of esters is 4. The lowest BCUT2D eigenvalue weighted by molar-refractivity contribution is 0.0556. The molecule has 0 atom stereocenters. The van der Waals surface area contributed by atoms with E-state index in [1.54, 1.807) is 48.5 Å². The minimum Gasteiger partial charge on any atom is -0.465 e. The van der Waals surface area contributed by atoms with Crippen molar-refractivity contribution < 1.29 is 38.1 Å². The Balaban J connectivity index is 1.93. The lowest BCUT2D eigenvalue weighted by atomic mass is 10.0. The zero-order chi connectivity index (χ0) is 34.4. The molecule has 0 fully saturated rings. The number of hydrogen-bond acceptors (Lipinski definition) is 8. The lowest BCUT2D eigenvalue weighted by Gasteiger charge is -2.17. The minimum atomic E-state index is -0.682. The number of hydrogen-bond donors (Lipinski definition) is 0. The fourth-order valence-electron chi connectivity index (χ4n) is 6.01. The maximum absolute atomic E-state index is 13.3. The van der Waals surface area contributed by atoms with Gasteiger partial charge in [0.2, 0.25) is 0 Å². The average molecular weight is 684 g/mol. The van der Waals surface area contributed by atoms with E-state index in [-0.39, 0.29) is 22.3 Å². The molecule has 2 aromatic heterocycles. The van der Waals surface area contributed by atoms with Gasteiger partial charge in [-0.25, -0.2) is 19.2 Å². The van der Waals surface area contributed by atoms with Gasteiger partial charge in [0.05, 0.1) is 51.0 Å². The molecule has 248 valence electrons. The molecule has 0 spiro atoms. The molecule has 0 N–H and O–H groups in total. The molecule has 0 aliphatic heterocycles. The molecule has 12 heteroatoms. The summed E-state index contributed by atoms with van der Waals surface area (Å²) in [4.78, 5) is 52.8. The van der Waals surface area contributed by atoms with E-state index in [1.807, 2.05) is 23.0 Å². The van der Waals surface area contributed by atoms with E-state index in [2.05, 4.69) is 0 Å². The minimum absolute atomic E-state index is 0.0940. The molecule has 0 unspecified atom stereocenters. The third-order valence-electron chi connectivity index (χ3n) is 7.97. The number of carbonyl (C=O) groups excluding carboxylic acids is 4. The first-order valence-corrected chi connectivity index (χ1v) is 15.7. The molecule has 0 amide bonds. The Hall–Kier alpha value is -4.54. The number of methoxy groups -OCH3 is 4. The van der Waals surface area contributed by atoms with Crippen LogP contribution in [0.4, 0.5) is 0 Å². The highest BCUT2D eigenvalue weighted by molar-refractivity contribution is 6.31. The normalized spacial score (nSPS) is 10.9. The molecule has 0 bridgehead atoms. The van der Waals surface area contributed by atoms with E-state index in [9.17, 15) is 19.2 Å². The van der Waals surface area contributed by atoms with Gasteiger partial charge < -0.3 is 28.1 Å². The van der Waals surface area contributed by atoms with Gasteiger partial charge in [-0.1, -0.05) is 61.3 Å². The predicted molar refractivity (Wildman–Crippen MR) is 178 cm³/mol. The van der Waals surface area contributed by atoms with Gasteiger partial charge in [-0.05, 0) is 54.7 Å².